The molecule has 1 aromatic carbocycles. The summed E-state index contributed by atoms with van der Waals surface area (Å²) in [6.07, 6.45) is 1.07. The normalized spacial score (nSPS) is 18.2. The van der Waals surface area contributed by atoms with E-state index < -0.39 is 93.7 Å². The molecule has 1 aliphatic rings. The molecule has 1 saturated heterocycles. The monoisotopic (exact) mass is 722 g/mol. The zero-order chi connectivity index (χ0) is 37.8. The Labute approximate surface area is 295 Å². The van der Waals surface area contributed by atoms with E-state index in [2.05, 4.69) is 20.7 Å². The number of nitrogens with zero attached hydrogens (tertiary/aromatic N) is 1. The average molecular weight is 723 g/mol. The first-order chi connectivity index (χ1) is 23.3. The summed E-state index contributed by atoms with van der Waals surface area (Å²) in [6.45, 7) is 11.8. The van der Waals surface area contributed by atoms with Gasteiger partial charge in [-0.3, -0.25) is 28.8 Å². The van der Waals surface area contributed by atoms with Crippen molar-refractivity contribution in [3.63, 3.8) is 0 Å². The number of hydrogen-bond donors (Lipinski definition) is 5. The summed E-state index contributed by atoms with van der Waals surface area (Å²) < 4.78 is 33.9. The minimum Gasteiger partial charge on any atom is -0.371 e. The molecule has 280 valence electrons. The van der Waals surface area contributed by atoms with E-state index in [0.717, 1.165) is 0 Å². The van der Waals surface area contributed by atoms with Crippen molar-refractivity contribution in [3.05, 3.63) is 35.9 Å². The van der Waals surface area contributed by atoms with Crippen LogP contribution >= 0.6 is 0 Å². The molecule has 5 amide bonds. The van der Waals surface area contributed by atoms with E-state index in [0.29, 0.717) is 24.8 Å². The van der Waals surface area contributed by atoms with Gasteiger partial charge in [0.15, 0.2) is 0 Å². The van der Waals surface area contributed by atoms with E-state index >= 15 is 0 Å². The van der Waals surface area contributed by atoms with Gasteiger partial charge in [-0.1, -0.05) is 70.9 Å². The van der Waals surface area contributed by atoms with Crippen LogP contribution in [0.25, 0.3) is 0 Å². The highest BCUT2D eigenvalue weighted by Crippen LogP contribution is 2.27. The molecule has 1 aliphatic heterocycles. The lowest BCUT2D eigenvalue weighted by Gasteiger charge is -2.31. The number of unbranched alkanes of at least 4 members (excludes halogenated alkanes) is 1. The number of ketones is 1. The SMILES string of the molecule is CCCCC(NC(=O)C1CC(OC(C)(C)C)CN1C(=O)C(NS(=O)(=O)CCC)C(C)C)C(=O)C(=O)NCC(=O)NC(C(N)=O)c1ccccc1. The topological polar surface area (TPSA) is 223 Å². The van der Waals surface area contributed by atoms with Crippen molar-refractivity contribution in [2.24, 2.45) is 11.7 Å². The van der Waals surface area contributed by atoms with Crippen LogP contribution in [0.5, 0.6) is 0 Å². The van der Waals surface area contributed by atoms with Gasteiger partial charge in [-0.25, -0.2) is 13.1 Å². The third-order valence-electron chi connectivity index (χ3n) is 7.92. The summed E-state index contributed by atoms with van der Waals surface area (Å²) >= 11 is 0. The van der Waals surface area contributed by atoms with Crippen molar-refractivity contribution < 1.29 is 41.9 Å². The zero-order valence-corrected chi connectivity index (χ0v) is 30.9. The van der Waals surface area contributed by atoms with Crippen molar-refractivity contribution in [1.82, 2.24) is 25.6 Å². The van der Waals surface area contributed by atoms with Gasteiger partial charge in [-0.15, -0.1) is 0 Å². The fraction of sp³-hybridized carbons (Fsp3) is 0.647. The number of carbonyl (C=O) groups excluding carboxylic acids is 6. The minimum atomic E-state index is -3.79. The minimum absolute atomic E-state index is 0.00532. The third kappa shape index (κ3) is 13.1. The summed E-state index contributed by atoms with van der Waals surface area (Å²) in [5, 5.41) is 7.31. The zero-order valence-electron chi connectivity index (χ0n) is 30.1. The molecule has 0 radical (unpaired) electrons. The van der Waals surface area contributed by atoms with Gasteiger partial charge in [0, 0.05) is 13.0 Å². The van der Waals surface area contributed by atoms with E-state index in [1.54, 1.807) is 51.1 Å². The molecule has 1 heterocycles. The van der Waals surface area contributed by atoms with Crippen molar-refractivity contribution in [1.29, 1.82) is 0 Å². The lowest BCUT2D eigenvalue weighted by Crippen LogP contribution is -2.57. The molecule has 0 bridgehead atoms. The Kier molecular flexibility index (Phi) is 16.0. The number of ether oxygens (including phenoxy) is 1. The number of hydrogen-bond acceptors (Lipinski definition) is 9. The smallest absolute Gasteiger partial charge is 0.290 e. The molecule has 16 heteroatoms. The summed E-state index contributed by atoms with van der Waals surface area (Å²) in [5.74, 6) is -5.66. The number of Topliss-reactive ketones (excluding diaryl/α,β-unsaturated/α-hetero) is 1. The highest BCUT2D eigenvalue weighted by molar-refractivity contribution is 7.89. The number of nitrogens with one attached hydrogen (secondary N) is 4. The van der Waals surface area contributed by atoms with Crippen LogP contribution < -0.4 is 26.4 Å². The molecule has 6 N–H and O–H groups in total. The molecule has 50 heavy (non-hydrogen) atoms. The van der Waals surface area contributed by atoms with Gasteiger partial charge >= 0.3 is 0 Å². The Bertz CT molecular complexity index is 1460. The summed E-state index contributed by atoms with van der Waals surface area (Å²) in [7, 11) is -3.79. The standard InChI is InChI=1S/C34H54N6O9S/c1-8-10-16-24(29(42)32(45)36-19-26(41)38-28(30(35)43)22-14-12-11-13-15-22)37-31(44)25-18-23(49-34(5,6)7)20-40(25)33(46)27(21(3)4)39-50(47,48)17-9-2/h11-15,21,23-25,27-28,39H,8-10,16-20H2,1-7H3,(H2,35,43)(H,36,45)(H,37,44)(H,38,41). The Morgan fingerprint density at radius 1 is 1.00 bits per heavy atom. The maximum Gasteiger partial charge on any atom is 0.290 e. The second kappa shape index (κ2) is 18.9. The lowest BCUT2D eigenvalue weighted by molar-refractivity contribution is -0.143. The highest BCUT2D eigenvalue weighted by Gasteiger charge is 2.45. The lowest BCUT2D eigenvalue weighted by atomic mass is 10.0. The van der Waals surface area contributed by atoms with Gasteiger partial charge < -0.3 is 31.3 Å². The van der Waals surface area contributed by atoms with Crippen LogP contribution in [0.1, 0.15) is 92.2 Å². The van der Waals surface area contributed by atoms with Crippen LogP contribution in [-0.2, 0) is 43.5 Å². The third-order valence-corrected chi connectivity index (χ3v) is 9.47. The predicted molar refractivity (Wildman–Crippen MR) is 187 cm³/mol. The average Bonchev–Trinajstić information content (AvgIpc) is 3.45. The van der Waals surface area contributed by atoms with Gasteiger partial charge in [0.25, 0.3) is 5.91 Å². The van der Waals surface area contributed by atoms with Gasteiger partial charge in [-0.05, 0) is 45.1 Å². The molecule has 0 spiro atoms. The van der Waals surface area contributed by atoms with Gasteiger partial charge in [0.1, 0.15) is 18.1 Å². The van der Waals surface area contributed by atoms with Crippen LogP contribution in [0.2, 0.25) is 0 Å². The van der Waals surface area contributed by atoms with E-state index in [1.165, 1.54) is 4.90 Å². The molecule has 1 aromatic rings. The molecule has 5 unspecified atom stereocenters. The molecule has 5 atom stereocenters. The van der Waals surface area contributed by atoms with Crippen LogP contribution in [0, 0.1) is 5.92 Å². The number of nitrogens with two attached hydrogens (primary N) is 1. The molecule has 2 rings (SSSR count). The molecular formula is C34H54N6O9S. The highest BCUT2D eigenvalue weighted by atomic mass is 32.2. The molecule has 0 saturated carbocycles. The number of benzene rings is 1. The van der Waals surface area contributed by atoms with Crippen LogP contribution in [-0.4, -0.2) is 97.3 Å². The predicted octanol–water partition coefficient (Wildman–Crippen LogP) is 0.828. The van der Waals surface area contributed by atoms with Crippen molar-refractivity contribution in [2.75, 3.05) is 18.8 Å². The number of primary amides is 1. The van der Waals surface area contributed by atoms with Crippen LogP contribution in [0.4, 0.5) is 0 Å². The number of likely N-dealkylation sites (tertiary alicyclic amines) is 1. The molecule has 0 aromatic heterocycles. The molecule has 0 aliphatic carbocycles. The van der Waals surface area contributed by atoms with Crippen molar-refractivity contribution in [3.8, 4) is 0 Å². The van der Waals surface area contributed by atoms with E-state index in [-0.39, 0.29) is 25.1 Å². The molecular weight excluding hydrogens is 668 g/mol. The van der Waals surface area contributed by atoms with Gasteiger partial charge in [0.05, 0.1) is 30.0 Å². The maximum absolute atomic E-state index is 13.9. The second-order valence-electron chi connectivity index (χ2n) is 13.8. The van der Waals surface area contributed by atoms with E-state index in [9.17, 15) is 37.2 Å². The quantitative estimate of drug-likeness (QED) is 0.127. The first-order valence-electron chi connectivity index (χ1n) is 17.0. The number of carbonyl (C=O) groups is 6. The van der Waals surface area contributed by atoms with E-state index in [4.69, 9.17) is 10.5 Å². The first-order valence-corrected chi connectivity index (χ1v) is 18.7. The van der Waals surface area contributed by atoms with E-state index in [1.807, 2.05) is 27.7 Å². The molecule has 15 nitrogen and oxygen atoms in total. The Morgan fingerprint density at radius 2 is 1.64 bits per heavy atom. The fourth-order valence-electron chi connectivity index (χ4n) is 5.57. The maximum atomic E-state index is 13.9. The number of amides is 5. The van der Waals surface area contributed by atoms with Crippen molar-refractivity contribution in [2.45, 2.75) is 116 Å². The first kappa shape index (κ1) is 42.3. The Balaban J connectivity index is 2.24. The fourth-order valence-corrected chi connectivity index (χ4v) is 6.99. The molecule has 1 fully saturated rings. The number of rotatable bonds is 19. The van der Waals surface area contributed by atoms with Crippen LogP contribution in [0.3, 0.4) is 0 Å². The Morgan fingerprint density at radius 3 is 2.18 bits per heavy atom. The number of sulfonamides is 1. The van der Waals surface area contributed by atoms with Crippen LogP contribution in [0.15, 0.2) is 30.3 Å². The largest absolute Gasteiger partial charge is 0.371 e. The second-order valence-corrected chi connectivity index (χ2v) is 15.7. The van der Waals surface area contributed by atoms with Crippen molar-refractivity contribution >= 4 is 45.3 Å². The summed E-state index contributed by atoms with van der Waals surface area (Å²) in [6, 6.07) is 3.54. The summed E-state index contributed by atoms with van der Waals surface area (Å²) in [5.41, 5.74) is 5.26. The van der Waals surface area contributed by atoms with Gasteiger partial charge in [-0.2, -0.15) is 0 Å². The van der Waals surface area contributed by atoms with Gasteiger partial charge in [0.2, 0.25) is 39.4 Å². The summed E-state index contributed by atoms with van der Waals surface area (Å²) in [4.78, 5) is 79.9. The Hall–Kier alpha value is -3.89.